The van der Waals surface area contributed by atoms with E-state index in [0.29, 0.717) is 23.3 Å². The number of allylic oxidation sites excluding steroid dienone is 3. The van der Waals surface area contributed by atoms with E-state index in [9.17, 15) is 14.4 Å². The van der Waals surface area contributed by atoms with Crippen LogP contribution in [0.4, 0.5) is 0 Å². The summed E-state index contributed by atoms with van der Waals surface area (Å²) in [5.74, 6) is -2.84. The van der Waals surface area contributed by atoms with Gasteiger partial charge in [0.1, 0.15) is 12.0 Å². The first-order valence-corrected chi connectivity index (χ1v) is 12.4. The molecule has 1 aliphatic heterocycles. The largest absolute Gasteiger partial charge is 0.468 e. The van der Waals surface area contributed by atoms with Gasteiger partial charge in [0.15, 0.2) is 5.78 Å². The summed E-state index contributed by atoms with van der Waals surface area (Å²) in [6.45, 7) is 5.76. The minimum absolute atomic E-state index is 0.103. The molecule has 0 amide bonds. The normalized spacial score (nSPS) is 25.9. The first kappa shape index (κ1) is 24.2. The van der Waals surface area contributed by atoms with E-state index < -0.39 is 17.8 Å². The van der Waals surface area contributed by atoms with Crippen LogP contribution >= 0.6 is 0 Å². The number of nitrogens with one attached hydrogen (secondary N) is 1. The number of dihydropyridines is 1. The van der Waals surface area contributed by atoms with Gasteiger partial charge in [-0.15, -0.1) is 0 Å². The fraction of sp³-hybridized carbons (Fsp3) is 0.536. The van der Waals surface area contributed by atoms with Crippen molar-refractivity contribution in [3.05, 3.63) is 57.9 Å². The summed E-state index contributed by atoms with van der Waals surface area (Å²) in [5, 5.41) is 3.33. The van der Waals surface area contributed by atoms with Crippen LogP contribution in [-0.2, 0) is 23.9 Å². The molecular formula is C28H35NO5. The summed E-state index contributed by atoms with van der Waals surface area (Å²) in [6.07, 6.45) is 6.62. The number of esters is 2. The molecule has 0 spiro atoms. The molecule has 0 saturated heterocycles. The van der Waals surface area contributed by atoms with Crippen LogP contribution in [0.5, 0.6) is 0 Å². The molecule has 1 saturated carbocycles. The highest BCUT2D eigenvalue weighted by molar-refractivity contribution is 6.12. The maximum Gasteiger partial charge on any atom is 0.337 e. The zero-order chi connectivity index (χ0) is 24.4. The Morgan fingerprint density at radius 1 is 1.00 bits per heavy atom. The monoisotopic (exact) mass is 465 g/mol. The Balaban J connectivity index is 1.76. The number of rotatable bonds is 4. The summed E-state index contributed by atoms with van der Waals surface area (Å²) >= 11 is 0. The average Bonchev–Trinajstić information content (AvgIpc) is 3.07. The number of hydrogen-bond acceptors (Lipinski definition) is 6. The molecule has 34 heavy (non-hydrogen) atoms. The summed E-state index contributed by atoms with van der Waals surface area (Å²) in [6, 6.07) is 7.88. The van der Waals surface area contributed by atoms with E-state index in [1.165, 1.54) is 20.0 Å². The number of Topliss-reactive ketones (excluding diaryl/α,β-unsaturated/α-hetero) is 1. The lowest BCUT2D eigenvalue weighted by molar-refractivity contribution is -0.151. The second kappa shape index (κ2) is 10.2. The van der Waals surface area contributed by atoms with E-state index in [4.69, 9.17) is 9.47 Å². The van der Waals surface area contributed by atoms with Gasteiger partial charge in [-0.3, -0.25) is 9.59 Å². The van der Waals surface area contributed by atoms with Crippen molar-refractivity contribution in [1.29, 1.82) is 0 Å². The fourth-order valence-electron chi connectivity index (χ4n) is 5.62. The van der Waals surface area contributed by atoms with Crippen molar-refractivity contribution in [2.24, 2.45) is 11.8 Å². The van der Waals surface area contributed by atoms with E-state index in [1.54, 1.807) is 0 Å². The molecule has 0 bridgehead atoms. The van der Waals surface area contributed by atoms with Gasteiger partial charge in [0.25, 0.3) is 0 Å². The summed E-state index contributed by atoms with van der Waals surface area (Å²) in [7, 11) is 1.31. The molecular weight excluding hydrogens is 430 g/mol. The molecule has 1 aromatic carbocycles. The Morgan fingerprint density at radius 2 is 1.65 bits per heavy atom. The number of carbonyl (C=O) groups excluding carboxylic acids is 3. The Kier molecular flexibility index (Phi) is 7.24. The highest BCUT2D eigenvalue weighted by Crippen LogP contribution is 2.45. The molecule has 1 fully saturated rings. The van der Waals surface area contributed by atoms with Gasteiger partial charge in [-0.25, -0.2) is 4.79 Å². The van der Waals surface area contributed by atoms with Crippen LogP contribution in [0.25, 0.3) is 0 Å². The first-order valence-electron chi connectivity index (χ1n) is 12.4. The third-order valence-electron chi connectivity index (χ3n) is 7.45. The Bertz CT molecular complexity index is 1030. The lowest BCUT2D eigenvalue weighted by Crippen LogP contribution is -2.43. The number of hydrogen-bond donors (Lipinski definition) is 1. The van der Waals surface area contributed by atoms with Gasteiger partial charge in [0, 0.05) is 22.9 Å². The number of carbonyl (C=O) groups is 3. The standard InChI is InChI=1S/C28H35NO5/c1-16-11-13-19(14-12-16)24-23(28(32)34-20-9-7-5-6-8-10-20)18(3)29-21-15-17(2)22(27(31)33-4)26(30)25(21)24/h11-14,17,20,22,24,29H,5-10,15H2,1-4H3. The lowest BCUT2D eigenvalue weighted by Gasteiger charge is -2.38. The second-order valence-electron chi connectivity index (χ2n) is 9.96. The Labute approximate surface area is 201 Å². The fourth-order valence-corrected chi connectivity index (χ4v) is 5.62. The lowest BCUT2D eigenvalue weighted by atomic mass is 9.69. The smallest absolute Gasteiger partial charge is 0.337 e. The molecule has 1 N–H and O–H groups in total. The molecule has 3 atom stereocenters. The van der Waals surface area contributed by atoms with Crippen LogP contribution in [0.2, 0.25) is 0 Å². The Hall–Kier alpha value is -2.89. The van der Waals surface area contributed by atoms with E-state index in [-0.39, 0.29) is 23.8 Å². The second-order valence-corrected chi connectivity index (χ2v) is 9.96. The van der Waals surface area contributed by atoms with E-state index >= 15 is 0 Å². The number of methoxy groups -OCH3 is 1. The van der Waals surface area contributed by atoms with Crippen LogP contribution < -0.4 is 5.32 Å². The highest BCUT2D eigenvalue weighted by Gasteiger charge is 2.47. The number of ether oxygens (including phenoxy) is 2. The highest BCUT2D eigenvalue weighted by atomic mass is 16.5. The van der Waals surface area contributed by atoms with E-state index in [2.05, 4.69) is 5.32 Å². The Morgan fingerprint density at radius 3 is 2.26 bits per heavy atom. The predicted octanol–water partition coefficient (Wildman–Crippen LogP) is 4.87. The third-order valence-corrected chi connectivity index (χ3v) is 7.45. The topological polar surface area (TPSA) is 81.7 Å². The van der Waals surface area contributed by atoms with Crippen LogP contribution in [0, 0.1) is 18.8 Å². The van der Waals surface area contributed by atoms with Crippen LogP contribution in [-0.4, -0.2) is 30.9 Å². The SMILES string of the molecule is COC(=O)C1C(=O)C2=C(CC1C)NC(C)=C(C(=O)OC1CCCCCC1)C2c1ccc(C)cc1. The predicted molar refractivity (Wildman–Crippen MR) is 129 cm³/mol. The van der Waals surface area contributed by atoms with Crippen molar-refractivity contribution >= 4 is 17.7 Å². The number of benzene rings is 1. The van der Waals surface area contributed by atoms with Crippen LogP contribution in [0.3, 0.4) is 0 Å². The van der Waals surface area contributed by atoms with Crippen molar-refractivity contribution in [3.63, 3.8) is 0 Å². The van der Waals surface area contributed by atoms with E-state index in [1.807, 2.05) is 45.0 Å². The molecule has 0 radical (unpaired) electrons. The number of aryl methyl sites for hydroxylation is 1. The number of ketones is 1. The molecule has 1 heterocycles. The van der Waals surface area contributed by atoms with Gasteiger partial charge in [0.05, 0.1) is 12.7 Å². The maximum atomic E-state index is 13.8. The van der Waals surface area contributed by atoms with Crippen LogP contribution in [0.15, 0.2) is 46.8 Å². The van der Waals surface area contributed by atoms with Gasteiger partial charge in [0.2, 0.25) is 0 Å². The molecule has 4 rings (SSSR count). The van der Waals surface area contributed by atoms with E-state index in [0.717, 1.165) is 42.5 Å². The van der Waals surface area contributed by atoms with Crippen molar-refractivity contribution in [3.8, 4) is 0 Å². The third kappa shape index (κ3) is 4.68. The minimum atomic E-state index is -0.879. The van der Waals surface area contributed by atoms with Crippen molar-refractivity contribution in [2.45, 2.75) is 77.7 Å². The molecule has 3 aliphatic rings. The van der Waals surface area contributed by atoms with Crippen LogP contribution in [0.1, 0.15) is 75.8 Å². The van der Waals surface area contributed by atoms with Crippen molar-refractivity contribution in [2.75, 3.05) is 7.11 Å². The molecule has 182 valence electrons. The van der Waals surface area contributed by atoms with Gasteiger partial charge in [-0.2, -0.15) is 0 Å². The van der Waals surface area contributed by atoms with Crippen molar-refractivity contribution < 1.29 is 23.9 Å². The van der Waals surface area contributed by atoms with Gasteiger partial charge in [-0.05, 0) is 57.4 Å². The zero-order valence-corrected chi connectivity index (χ0v) is 20.6. The molecule has 6 nitrogen and oxygen atoms in total. The van der Waals surface area contributed by atoms with Crippen molar-refractivity contribution in [1.82, 2.24) is 5.32 Å². The molecule has 1 aromatic rings. The summed E-state index contributed by atoms with van der Waals surface area (Å²) in [4.78, 5) is 39.9. The summed E-state index contributed by atoms with van der Waals surface area (Å²) < 4.78 is 11.0. The first-order chi connectivity index (χ1) is 16.3. The molecule has 2 aliphatic carbocycles. The quantitative estimate of drug-likeness (QED) is 0.388. The molecule has 3 unspecified atom stereocenters. The molecule has 6 heteroatoms. The van der Waals surface area contributed by atoms with Gasteiger partial charge in [-0.1, -0.05) is 49.6 Å². The van der Waals surface area contributed by atoms with Gasteiger partial charge >= 0.3 is 11.9 Å². The minimum Gasteiger partial charge on any atom is -0.468 e. The average molecular weight is 466 g/mol. The van der Waals surface area contributed by atoms with Gasteiger partial charge < -0.3 is 14.8 Å². The molecule has 0 aromatic heterocycles. The zero-order valence-electron chi connectivity index (χ0n) is 20.6. The summed E-state index contributed by atoms with van der Waals surface area (Å²) in [5.41, 5.74) is 4.37. The maximum absolute atomic E-state index is 13.8.